The number of ether oxygens (including phenoxy) is 5. The number of hydroxylamine groups is 1. The number of aromatic nitrogens is 1. The number of aryl methyl sites for hydroxylation is 1. The second-order valence-electron chi connectivity index (χ2n) is 19.3. The molecule has 23 nitrogen and oxygen atoms in total. The van der Waals surface area contributed by atoms with Gasteiger partial charge in [0.05, 0.1) is 45.1 Å². The maximum Gasteiger partial charge on any atom is 0.274 e. The summed E-state index contributed by atoms with van der Waals surface area (Å²) in [4.78, 5) is 114. The van der Waals surface area contributed by atoms with Crippen molar-refractivity contribution in [1.29, 1.82) is 0 Å². The molecule has 3 aliphatic rings. The van der Waals surface area contributed by atoms with Crippen LogP contribution < -0.4 is 37.4 Å². The van der Waals surface area contributed by atoms with Gasteiger partial charge in [-0.05, 0) is 69.8 Å². The van der Waals surface area contributed by atoms with Gasteiger partial charge in [0.2, 0.25) is 23.6 Å². The van der Waals surface area contributed by atoms with Crippen molar-refractivity contribution in [3.63, 3.8) is 0 Å². The van der Waals surface area contributed by atoms with Crippen molar-refractivity contribution in [1.82, 2.24) is 42.5 Å². The molecule has 7 unspecified atom stereocenters. The van der Waals surface area contributed by atoms with Crippen molar-refractivity contribution in [3.8, 4) is 0 Å². The SMILES string of the molecule is COCC(NC(=O)C(COC)NC(=O)C1C=C(CCC2(C(=O)C(CC(C)C)NC(=O)[C@H](COC)NC(=O)C(CC(C)C)NC(=O)c3cc(C)on3)CO2)NO1)C(=O)N[C@@H](CC(C)C)C(=O)C1(C)CO1. The number of hydrogen-bond donors (Lipinski definition) is 7. The van der Waals surface area contributed by atoms with Crippen molar-refractivity contribution in [2.75, 3.05) is 54.4 Å². The molecule has 0 saturated carbocycles. The summed E-state index contributed by atoms with van der Waals surface area (Å²) >= 11 is 0. The second kappa shape index (κ2) is 25.5. The van der Waals surface area contributed by atoms with Crippen LogP contribution in [-0.4, -0.2) is 160 Å². The fourth-order valence-electron chi connectivity index (χ4n) is 7.63. The van der Waals surface area contributed by atoms with E-state index in [1.807, 2.05) is 41.5 Å². The third-order valence-electron chi connectivity index (χ3n) is 11.5. The summed E-state index contributed by atoms with van der Waals surface area (Å²) in [6, 6.07) is -5.20. The Morgan fingerprint density at radius 3 is 1.55 bits per heavy atom. The normalized spacial score (nSPS) is 22.0. The molecular formula is C46H72N8O15. The third-order valence-corrected chi connectivity index (χ3v) is 11.5. The van der Waals surface area contributed by atoms with Gasteiger partial charge >= 0.3 is 0 Å². The van der Waals surface area contributed by atoms with Crippen LogP contribution in [0.4, 0.5) is 0 Å². The highest BCUT2D eigenvalue weighted by molar-refractivity contribution is 6.00. The molecule has 0 aliphatic carbocycles. The molecule has 6 amide bonds. The minimum Gasteiger partial charge on any atom is -0.382 e. The van der Waals surface area contributed by atoms with Gasteiger partial charge in [0.25, 0.3) is 11.8 Å². The third kappa shape index (κ3) is 16.7. The van der Waals surface area contributed by atoms with E-state index in [0.717, 1.165) is 0 Å². The number of amides is 6. The number of rotatable bonds is 31. The van der Waals surface area contributed by atoms with Crippen molar-refractivity contribution in [2.45, 2.75) is 141 Å². The summed E-state index contributed by atoms with van der Waals surface area (Å²) in [7, 11) is 4.04. The fourth-order valence-corrected chi connectivity index (χ4v) is 7.63. The van der Waals surface area contributed by atoms with Crippen LogP contribution in [0, 0.1) is 24.7 Å². The Hall–Kier alpha value is -5.33. The lowest BCUT2D eigenvalue weighted by Gasteiger charge is -2.27. The number of epoxide rings is 2. The second-order valence-corrected chi connectivity index (χ2v) is 19.3. The number of methoxy groups -OCH3 is 3. The van der Waals surface area contributed by atoms with Gasteiger partial charge in [0, 0.05) is 33.1 Å². The highest BCUT2D eigenvalue weighted by Crippen LogP contribution is 2.37. The summed E-state index contributed by atoms with van der Waals surface area (Å²) in [5.41, 5.74) is 0.907. The smallest absolute Gasteiger partial charge is 0.274 e. The van der Waals surface area contributed by atoms with Crippen molar-refractivity contribution < 1.29 is 71.4 Å². The first kappa shape index (κ1) is 56.3. The van der Waals surface area contributed by atoms with Gasteiger partial charge < -0.3 is 60.1 Å². The molecular weight excluding hydrogens is 905 g/mol. The standard InChI is InChI=1S/C46H72N8O15/c1-24(2)14-29(37(55)45(8)22-66-45)47-41(59)34(20-64-10)51-43(61)35(21-65-11)52-44(62)36-18-28(53-69-36)12-13-46(23-67-46)38(56)30(15-25(3)4)48-42(60)33(19-63-9)50-39(57)31(16-26(5)6)49-40(58)32-17-27(7)68-54-32/h17-18,24-26,29-31,33-36,53H,12-16,19-23H2,1-11H3,(H,47,59)(H,48,60)(H,49,58)(H,50,57)(H,51,61)(H,52,62)/t29-,30?,31?,33-,34?,35?,36?,45?,46?/m0/s1. The lowest BCUT2D eigenvalue weighted by molar-refractivity contribution is -0.138. The Morgan fingerprint density at radius 2 is 1.12 bits per heavy atom. The van der Waals surface area contributed by atoms with E-state index >= 15 is 0 Å². The number of nitrogens with one attached hydrogen (secondary N) is 7. The minimum atomic E-state index is -1.27. The zero-order valence-corrected chi connectivity index (χ0v) is 41.6. The van der Waals surface area contributed by atoms with Crippen LogP contribution in [0.2, 0.25) is 0 Å². The van der Waals surface area contributed by atoms with E-state index in [4.69, 9.17) is 33.0 Å². The average Bonchev–Trinajstić information content (AvgIpc) is 4.13. The predicted molar refractivity (Wildman–Crippen MR) is 245 cm³/mol. The maximum atomic E-state index is 14.2. The minimum absolute atomic E-state index is 0.00309. The molecule has 9 atom stereocenters. The summed E-state index contributed by atoms with van der Waals surface area (Å²) in [6.07, 6.45) is 1.48. The summed E-state index contributed by atoms with van der Waals surface area (Å²) in [6.45, 7) is 14.2. The van der Waals surface area contributed by atoms with Gasteiger partial charge in [-0.3, -0.25) is 48.7 Å². The van der Waals surface area contributed by atoms with Crippen molar-refractivity contribution in [3.05, 3.63) is 29.3 Å². The zero-order chi connectivity index (χ0) is 51.2. The number of carbonyl (C=O) groups is 8. The molecule has 2 fully saturated rings. The van der Waals surface area contributed by atoms with E-state index in [0.29, 0.717) is 17.9 Å². The molecule has 1 aromatic rings. The molecule has 0 bridgehead atoms. The topological polar surface area (TPSA) is 309 Å². The molecule has 4 heterocycles. The lowest BCUT2D eigenvalue weighted by Crippen LogP contribution is -2.59. The molecule has 69 heavy (non-hydrogen) atoms. The highest BCUT2D eigenvalue weighted by atomic mass is 16.7. The van der Waals surface area contributed by atoms with Crippen LogP contribution in [0.3, 0.4) is 0 Å². The number of nitrogens with zero attached hydrogens (tertiary/aromatic N) is 1. The van der Waals surface area contributed by atoms with Crippen molar-refractivity contribution >= 4 is 47.0 Å². The van der Waals surface area contributed by atoms with E-state index in [1.165, 1.54) is 33.5 Å². The Morgan fingerprint density at radius 1 is 0.667 bits per heavy atom. The Labute approximate surface area is 402 Å². The molecule has 7 N–H and O–H groups in total. The predicted octanol–water partition coefficient (Wildman–Crippen LogP) is -0.153. The van der Waals surface area contributed by atoms with E-state index in [2.05, 4.69) is 42.5 Å². The number of allylic oxidation sites excluding steroid dienone is 1. The summed E-state index contributed by atoms with van der Waals surface area (Å²) in [5.74, 6) is -4.30. The first-order chi connectivity index (χ1) is 32.5. The lowest BCUT2D eigenvalue weighted by atomic mass is 9.89. The maximum absolute atomic E-state index is 14.2. The molecule has 0 radical (unpaired) electrons. The number of hydrogen-bond acceptors (Lipinski definition) is 17. The molecule has 1 aromatic heterocycles. The first-order valence-corrected chi connectivity index (χ1v) is 23.3. The molecule has 0 spiro atoms. The quantitative estimate of drug-likeness (QED) is 0.0476. The number of Topliss-reactive ketones (excluding diaryl/α,β-unsaturated/α-hetero) is 2. The van der Waals surface area contributed by atoms with Gasteiger partial charge in [-0.1, -0.05) is 46.7 Å². The highest BCUT2D eigenvalue weighted by Gasteiger charge is 2.54. The molecule has 386 valence electrons. The van der Waals surface area contributed by atoms with Crippen LogP contribution >= 0.6 is 0 Å². The van der Waals surface area contributed by atoms with Crippen LogP contribution in [-0.2, 0) is 62.1 Å². The molecule has 0 aromatic carbocycles. The van der Waals surface area contributed by atoms with E-state index in [1.54, 1.807) is 13.8 Å². The monoisotopic (exact) mass is 977 g/mol. The van der Waals surface area contributed by atoms with E-state index in [9.17, 15) is 38.4 Å². The zero-order valence-electron chi connectivity index (χ0n) is 41.6. The van der Waals surface area contributed by atoms with Gasteiger partial charge in [-0.2, -0.15) is 0 Å². The number of ketones is 2. The van der Waals surface area contributed by atoms with Crippen molar-refractivity contribution in [2.24, 2.45) is 17.8 Å². The largest absolute Gasteiger partial charge is 0.382 e. The summed E-state index contributed by atoms with van der Waals surface area (Å²) < 4.78 is 31.7. The molecule has 4 rings (SSSR count). The molecule has 3 aliphatic heterocycles. The Kier molecular flexibility index (Phi) is 20.8. The van der Waals surface area contributed by atoms with Crippen LogP contribution in [0.5, 0.6) is 0 Å². The van der Waals surface area contributed by atoms with Crippen LogP contribution in [0.15, 0.2) is 22.4 Å². The molecule has 23 heteroatoms. The van der Waals surface area contributed by atoms with E-state index < -0.39 is 89.0 Å². The van der Waals surface area contributed by atoms with Crippen LogP contribution in [0.1, 0.15) is 96.8 Å². The Bertz CT molecular complexity index is 2010. The summed E-state index contributed by atoms with van der Waals surface area (Å²) in [5, 5.41) is 19.8. The van der Waals surface area contributed by atoms with Gasteiger partial charge in [-0.15, -0.1) is 0 Å². The molecule has 2 saturated heterocycles. The van der Waals surface area contributed by atoms with Gasteiger partial charge in [0.15, 0.2) is 29.0 Å². The Balaban J connectivity index is 1.36. The van der Waals surface area contributed by atoms with Gasteiger partial charge in [-0.25, -0.2) is 0 Å². The van der Waals surface area contributed by atoms with E-state index in [-0.39, 0.29) is 93.7 Å². The van der Waals surface area contributed by atoms with Crippen LogP contribution in [0.25, 0.3) is 0 Å². The van der Waals surface area contributed by atoms with Gasteiger partial charge in [0.1, 0.15) is 35.5 Å². The fraction of sp³-hybridized carbons (Fsp3) is 0.717. The number of carbonyl (C=O) groups excluding carboxylic acids is 8. The first-order valence-electron chi connectivity index (χ1n) is 23.3. The average molecular weight is 977 g/mol.